The highest BCUT2D eigenvalue weighted by molar-refractivity contribution is 7.47. The first-order valence-electron chi connectivity index (χ1n) is 23.8. The van der Waals surface area contributed by atoms with E-state index < -0.39 is 39.2 Å². The molecule has 0 saturated heterocycles. The van der Waals surface area contributed by atoms with Crippen LogP contribution in [0.25, 0.3) is 0 Å². The van der Waals surface area contributed by atoms with E-state index in [4.69, 9.17) is 23.6 Å². The van der Waals surface area contributed by atoms with E-state index in [0.29, 0.717) is 13.0 Å². The molecule has 0 amide bonds. The van der Waals surface area contributed by atoms with Crippen LogP contribution in [0, 0.1) is 0 Å². The molecular weight excluding hydrogens is 764 g/mol. The van der Waals surface area contributed by atoms with E-state index in [1.165, 1.54) is 89.9 Å². The Hall–Kier alpha value is -1.84. The molecule has 0 saturated carbocycles. The summed E-state index contributed by atoms with van der Waals surface area (Å²) < 4.78 is 33.4. The number of carbonyl (C=O) groups excluding carboxylic acids is 1. The fourth-order valence-electron chi connectivity index (χ4n) is 6.38. The van der Waals surface area contributed by atoms with E-state index in [9.17, 15) is 19.4 Å². The van der Waals surface area contributed by atoms with Crippen molar-refractivity contribution in [3.05, 3.63) is 60.8 Å². The smallest absolute Gasteiger partial charge is 0.457 e. The fourth-order valence-corrected chi connectivity index (χ4v) is 7.17. The van der Waals surface area contributed by atoms with Gasteiger partial charge in [0, 0.05) is 13.0 Å². The SMILES string of the molecule is CC/C=C\C/C=C\C/C=C\C/C=C\C/C=C\CCCCCCCC(=O)OC(COCCCCCCCCCCCCCCCCCCC)COP(=O)(O)OCC(O)CO. The van der Waals surface area contributed by atoms with Crippen LogP contribution in [0.3, 0.4) is 0 Å². The van der Waals surface area contributed by atoms with Gasteiger partial charge in [0.2, 0.25) is 0 Å². The zero-order valence-corrected chi connectivity index (χ0v) is 38.6. The minimum Gasteiger partial charge on any atom is -0.457 e. The molecule has 3 atom stereocenters. The van der Waals surface area contributed by atoms with Gasteiger partial charge in [0.1, 0.15) is 12.2 Å². The molecule has 3 unspecified atom stereocenters. The number of aliphatic hydroxyl groups excluding tert-OH is 2. The van der Waals surface area contributed by atoms with Crippen LogP contribution in [0.4, 0.5) is 0 Å². The maximum Gasteiger partial charge on any atom is 0.472 e. The summed E-state index contributed by atoms with van der Waals surface area (Å²) in [5.41, 5.74) is 0. The molecule has 0 rings (SSSR count). The van der Waals surface area contributed by atoms with E-state index in [2.05, 4.69) is 74.6 Å². The molecular formula is C49H89O9P. The van der Waals surface area contributed by atoms with Crippen molar-refractivity contribution in [3.63, 3.8) is 0 Å². The van der Waals surface area contributed by atoms with Crippen LogP contribution < -0.4 is 0 Å². The predicted molar refractivity (Wildman–Crippen MR) is 246 cm³/mol. The molecule has 0 aromatic rings. The second-order valence-corrected chi connectivity index (χ2v) is 17.2. The van der Waals surface area contributed by atoms with Crippen LogP contribution in [-0.2, 0) is 27.9 Å². The molecule has 0 aliphatic heterocycles. The van der Waals surface area contributed by atoms with E-state index in [-0.39, 0.29) is 19.6 Å². The van der Waals surface area contributed by atoms with Gasteiger partial charge in [-0.05, 0) is 57.8 Å². The molecule has 0 fully saturated rings. The number of ether oxygens (including phenoxy) is 2. The summed E-state index contributed by atoms with van der Waals surface area (Å²) in [6, 6.07) is 0. The van der Waals surface area contributed by atoms with Crippen molar-refractivity contribution in [2.45, 2.75) is 212 Å². The zero-order chi connectivity index (χ0) is 43.2. The minimum absolute atomic E-state index is 0.0413. The lowest BCUT2D eigenvalue weighted by Crippen LogP contribution is -2.29. The van der Waals surface area contributed by atoms with Gasteiger partial charge < -0.3 is 24.6 Å². The first-order valence-corrected chi connectivity index (χ1v) is 25.3. The van der Waals surface area contributed by atoms with Gasteiger partial charge in [0.15, 0.2) is 0 Å². The summed E-state index contributed by atoms with van der Waals surface area (Å²) in [4.78, 5) is 22.6. The molecule has 59 heavy (non-hydrogen) atoms. The largest absolute Gasteiger partial charge is 0.472 e. The second kappa shape index (κ2) is 45.7. The van der Waals surface area contributed by atoms with Crippen molar-refractivity contribution in [2.75, 3.05) is 33.0 Å². The lowest BCUT2D eigenvalue weighted by Gasteiger charge is -2.20. The molecule has 10 heteroatoms. The fraction of sp³-hybridized carbons (Fsp3) is 0.776. The number of rotatable bonds is 45. The predicted octanol–water partition coefficient (Wildman–Crippen LogP) is 13.5. The van der Waals surface area contributed by atoms with E-state index >= 15 is 0 Å². The Morgan fingerprint density at radius 2 is 0.966 bits per heavy atom. The maximum absolute atomic E-state index is 12.7. The van der Waals surface area contributed by atoms with E-state index in [1.807, 2.05) is 0 Å². The topological polar surface area (TPSA) is 132 Å². The molecule has 0 aliphatic rings. The molecule has 0 bridgehead atoms. The van der Waals surface area contributed by atoms with E-state index in [1.54, 1.807) is 0 Å². The first kappa shape index (κ1) is 57.2. The third kappa shape index (κ3) is 45.5. The third-order valence-electron chi connectivity index (χ3n) is 9.97. The Labute approximate surface area is 361 Å². The Morgan fingerprint density at radius 3 is 1.46 bits per heavy atom. The Morgan fingerprint density at radius 1 is 0.542 bits per heavy atom. The second-order valence-electron chi connectivity index (χ2n) is 15.8. The number of esters is 1. The maximum atomic E-state index is 12.7. The highest BCUT2D eigenvalue weighted by Gasteiger charge is 2.26. The molecule has 0 aromatic carbocycles. The van der Waals surface area contributed by atoms with Gasteiger partial charge in [-0.2, -0.15) is 0 Å². The molecule has 0 spiro atoms. The summed E-state index contributed by atoms with van der Waals surface area (Å²) in [5, 5.41) is 18.4. The number of carbonyl (C=O) groups is 1. The van der Waals surface area contributed by atoms with Crippen LogP contribution in [0.15, 0.2) is 60.8 Å². The van der Waals surface area contributed by atoms with Crippen LogP contribution >= 0.6 is 7.82 Å². The number of allylic oxidation sites excluding steroid dienone is 10. The molecule has 344 valence electrons. The summed E-state index contributed by atoms with van der Waals surface area (Å²) in [5.74, 6) is -0.400. The molecule has 0 radical (unpaired) electrons. The highest BCUT2D eigenvalue weighted by Crippen LogP contribution is 2.43. The number of hydrogen-bond donors (Lipinski definition) is 3. The van der Waals surface area contributed by atoms with Crippen molar-refractivity contribution in [2.24, 2.45) is 0 Å². The van der Waals surface area contributed by atoms with E-state index in [0.717, 1.165) is 83.5 Å². The highest BCUT2D eigenvalue weighted by atomic mass is 31.2. The molecule has 0 heterocycles. The molecule has 9 nitrogen and oxygen atoms in total. The lowest BCUT2D eigenvalue weighted by atomic mass is 10.0. The first-order chi connectivity index (χ1) is 28.8. The van der Waals surface area contributed by atoms with Crippen molar-refractivity contribution in [3.8, 4) is 0 Å². The van der Waals surface area contributed by atoms with Crippen molar-refractivity contribution < 1.29 is 43.0 Å². The molecule has 3 N–H and O–H groups in total. The number of phosphoric ester groups is 1. The quantitative estimate of drug-likeness (QED) is 0.0237. The summed E-state index contributed by atoms with van der Waals surface area (Å²) in [6.07, 6.45) is 53.2. The molecule has 0 aromatic heterocycles. The van der Waals surface area contributed by atoms with Gasteiger partial charge in [-0.1, -0.05) is 197 Å². The van der Waals surface area contributed by atoms with Gasteiger partial charge in [0.05, 0.1) is 26.4 Å². The normalized spacial score (nSPS) is 14.5. The number of aliphatic hydroxyl groups is 2. The van der Waals surface area contributed by atoms with Gasteiger partial charge in [-0.15, -0.1) is 0 Å². The summed E-state index contributed by atoms with van der Waals surface area (Å²) >= 11 is 0. The van der Waals surface area contributed by atoms with Crippen LogP contribution in [-0.4, -0.2) is 66.3 Å². The van der Waals surface area contributed by atoms with Gasteiger partial charge in [-0.25, -0.2) is 4.57 Å². The Bertz CT molecular complexity index is 1100. The number of phosphoric acid groups is 1. The Kier molecular flexibility index (Phi) is 44.3. The number of hydrogen-bond acceptors (Lipinski definition) is 8. The summed E-state index contributed by atoms with van der Waals surface area (Å²) in [7, 11) is -4.53. The van der Waals surface area contributed by atoms with Crippen LogP contribution in [0.1, 0.15) is 200 Å². The monoisotopic (exact) mass is 853 g/mol. The van der Waals surface area contributed by atoms with Crippen LogP contribution in [0.5, 0.6) is 0 Å². The third-order valence-corrected chi connectivity index (χ3v) is 10.9. The van der Waals surface area contributed by atoms with Crippen LogP contribution in [0.2, 0.25) is 0 Å². The average molecular weight is 853 g/mol. The Balaban J connectivity index is 4.17. The van der Waals surface area contributed by atoms with Crippen molar-refractivity contribution in [1.82, 2.24) is 0 Å². The minimum atomic E-state index is -4.53. The number of unbranched alkanes of at least 4 members (excludes halogenated alkanes) is 21. The summed E-state index contributed by atoms with van der Waals surface area (Å²) in [6.45, 7) is 3.40. The average Bonchev–Trinajstić information content (AvgIpc) is 3.23. The standard InChI is InChI=1S/C49H89O9P/c1-3-5-7-9-11-13-15-17-19-21-22-23-24-25-27-29-31-33-35-37-39-41-49(52)58-48(46-57-59(53,54)56-44-47(51)43-50)45-55-42-40-38-36-34-32-30-28-26-20-18-16-14-12-10-8-6-4-2/h5,7,11,13,17,19,22-23,25,27,47-48,50-51H,3-4,6,8-10,12,14-16,18,20-21,24,26,28-46H2,1-2H3,(H,53,54)/b7-5-,13-11-,19-17-,23-22-,27-25-. The van der Waals surface area contributed by atoms with Gasteiger partial charge in [0.25, 0.3) is 0 Å². The van der Waals surface area contributed by atoms with Gasteiger partial charge in [-0.3, -0.25) is 13.8 Å². The van der Waals surface area contributed by atoms with Crippen molar-refractivity contribution >= 4 is 13.8 Å². The van der Waals surface area contributed by atoms with Gasteiger partial charge >= 0.3 is 13.8 Å². The zero-order valence-electron chi connectivity index (χ0n) is 37.7. The lowest BCUT2D eigenvalue weighted by molar-refractivity contribution is -0.154. The van der Waals surface area contributed by atoms with Crippen molar-refractivity contribution in [1.29, 1.82) is 0 Å². The molecule has 0 aliphatic carbocycles.